The summed E-state index contributed by atoms with van der Waals surface area (Å²) in [4.78, 5) is 2.23. The van der Waals surface area contributed by atoms with E-state index in [4.69, 9.17) is 0 Å². The van der Waals surface area contributed by atoms with Crippen LogP contribution in [-0.2, 0) is 6.54 Å². The SMILES string of the molecule is CCN(CC(C)(C)O)c1ccc(C)cc1CNC. The predicted octanol–water partition coefficient (Wildman–Crippen LogP) is 2.31. The van der Waals surface area contributed by atoms with Crippen molar-refractivity contribution in [1.29, 1.82) is 0 Å². The third kappa shape index (κ3) is 4.31. The molecule has 0 aliphatic carbocycles. The van der Waals surface area contributed by atoms with Gasteiger partial charge in [-0.05, 0) is 46.4 Å². The summed E-state index contributed by atoms with van der Waals surface area (Å²) in [5, 5.41) is 13.2. The second-order valence-corrected chi connectivity index (χ2v) is 5.49. The summed E-state index contributed by atoms with van der Waals surface area (Å²) < 4.78 is 0. The van der Waals surface area contributed by atoms with Gasteiger partial charge in [-0.25, -0.2) is 0 Å². The Morgan fingerprint density at radius 1 is 1.33 bits per heavy atom. The van der Waals surface area contributed by atoms with Crippen molar-refractivity contribution in [3.8, 4) is 0 Å². The van der Waals surface area contributed by atoms with Crippen molar-refractivity contribution in [2.45, 2.75) is 39.8 Å². The van der Waals surface area contributed by atoms with Crippen LogP contribution in [0, 0.1) is 6.92 Å². The van der Waals surface area contributed by atoms with Crippen LogP contribution in [0.4, 0.5) is 5.69 Å². The first-order valence-electron chi connectivity index (χ1n) is 6.59. The van der Waals surface area contributed by atoms with E-state index in [1.54, 1.807) is 0 Å². The third-order valence-electron chi connectivity index (χ3n) is 2.90. The Balaban J connectivity index is 3.04. The van der Waals surface area contributed by atoms with Crippen molar-refractivity contribution in [1.82, 2.24) is 5.32 Å². The average molecular weight is 250 g/mol. The van der Waals surface area contributed by atoms with Crippen LogP contribution in [0.2, 0.25) is 0 Å². The molecular weight excluding hydrogens is 224 g/mol. The lowest BCUT2D eigenvalue weighted by Crippen LogP contribution is -2.39. The predicted molar refractivity (Wildman–Crippen MR) is 78.1 cm³/mol. The van der Waals surface area contributed by atoms with Gasteiger partial charge < -0.3 is 15.3 Å². The minimum atomic E-state index is -0.683. The molecule has 0 radical (unpaired) electrons. The quantitative estimate of drug-likeness (QED) is 0.813. The molecular formula is C15H26N2O. The topological polar surface area (TPSA) is 35.5 Å². The van der Waals surface area contributed by atoms with Crippen LogP contribution in [0.15, 0.2) is 18.2 Å². The number of aliphatic hydroxyl groups is 1. The number of aryl methyl sites for hydroxylation is 1. The van der Waals surface area contributed by atoms with E-state index in [9.17, 15) is 5.11 Å². The second-order valence-electron chi connectivity index (χ2n) is 5.49. The zero-order chi connectivity index (χ0) is 13.8. The molecule has 0 aromatic heterocycles. The molecule has 0 bridgehead atoms. The molecule has 3 nitrogen and oxygen atoms in total. The molecule has 0 saturated carbocycles. The Labute approximate surface area is 111 Å². The minimum Gasteiger partial charge on any atom is -0.389 e. The first-order chi connectivity index (χ1) is 8.37. The first kappa shape index (κ1) is 15.0. The van der Waals surface area contributed by atoms with Crippen LogP contribution in [0.1, 0.15) is 31.9 Å². The standard InChI is InChI=1S/C15H26N2O/c1-6-17(11-15(3,4)18)14-8-7-12(2)9-13(14)10-16-5/h7-9,16,18H,6,10-11H2,1-5H3. The fourth-order valence-corrected chi connectivity index (χ4v) is 2.19. The molecule has 3 heteroatoms. The highest BCUT2D eigenvalue weighted by Crippen LogP contribution is 2.23. The summed E-state index contributed by atoms with van der Waals surface area (Å²) in [6, 6.07) is 6.48. The largest absolute Gasteiger partial charge is 0.389 e. The molecule has 1 aromatic rings. The van der Waals surface area contributed by atoms with Gasteiger partial charge in [-0.1, -0.05) is 17.7 Å². The van der Waals surface area contributed by atoms with Gasteiger partial charge in [0.2, 0.25) is 0 Å². The lowest BCUT2D eigenvalue weighted by atomic mass is 10.1. The molecule has 18 heavy (non-hydrogen) atoms. The summed E-state index contributed by atoms with van der Waals surface area (Å²) >= 11 is 0. The highest BCUT2D eigenvalue weighted by molar-refractivity contribution is 5.55. The minimum absolute atomic E-state index is 0.642. The van der Waals surface area contributed by atoms with E-state index in [1.165, 1.54) is 16.8 Å². The molecule has 0 atom stereocenters. The Morgan fingerprint density at radius 3 is 2.50 bits per heavy atom. The van der Waals surface area contributed by atoms with Crippen LogP contribution in [0.3, 0.4) is 0 Å². The molecule has 0 heterocycles. The maximum atomic E-state index is 10.00. The Kier molecular flexibility index (Phi) is 5.17. The van der Waals surface area contributed by atoms with Crippen molar-refractivity contribution >= 4 is 5.69 Å². The number of likely N-dealkylation sites (N-methyl/N-ethyl adjacent to an activating group) is 1. The highest BCUT2D eigenvalue weighted by Gasteiger charge is 2.19. The lowest BCUT2D eigenvalue weighted by molar-refractivity contribution is 0.0875. The van der Waals surface area contributed by atoms with Crippen LogP contribution in [0.5, 0.6) is 0 Å². The molecule has 0 amide bonds. The maximum Gasteiger partial charge on any atom is 0.0765 e. The summed E-state index contributed by atoms with van der Waals surface area (Å²) in [5.41, 5.74) is 3.07. The highest BCUT2D eigenvalue weighted by atomic mass is 16.3. The van der Waals surface area contributed by atoms with Gasteiger partial charge in [0.25, 0.3) is 0 Å². The molecule has 0 aliphatic heterocycles. The number of rotatable bonds is 6. The Hall–Kier alpha value is -1.06. The number of hydrogen-bond donors (Lipinski definition) is 2. The molecule has 1 rings (SSSR count). The Morgan fingerprint density at radius 2 is 2.00 bits per heavy atom. The van der Waals surface area contributed by atoms with Gasteiger partial charge in [0.15, 0.2) is 0 Å². The smallest absolute Gasteiger partial charge is 0.0765 e. The Bertz CT molecular complexity index is 383. The summed E-state index contributed by atoms with van der Waals surface area (Å²) in [7, 11) is 1.96. The summed E-state index contributed by atoms with van der Waals surface area (Å²) in [6.07, 6.45) is 0. The number of hydrogen-bond acceptors (Lipinski definition) is 3. The zero-order valence-corrected chi connectivity index (χ0v) is 12.2. The van der Waals surface area contributed by atoms with Crippen molar-refractivity contribution in [3.05, 3.63) is 29.3 Å². The van der Waals surface area contributed by atoms with E-state index < -0.39 is 5.60 Å². The van der Waals surface area contributed by atoms with E-state index in [2.05, 4.69) is 42.3 Å². The van der Waals surface area contributed by atoms with Gasteiger partial charge in [0.05, 0.1) is 5.60 Å². The van der Waals surface area contributed by atoms with Crippen LogP contribution >= 0.6 is 0 Å². The molecule has 0 saturated heterocycles. The average Bonchev–Trinajstić information content (AvgIpc) is 2.26. The van der Waals surface area contributed by atoms with Gasteiger partial charge in [0, 0.05) is 25.3 Å². The van der Waals surface area contributed by atoms with Crippen molar-refractivity contribution in [3.63, 3.8) is 0 Å². The number of nitrogens with one attached hydrogen (secondary N) is 1. The van der Waals surface area contributed by atoms with Crippen molar-refractivity contribution < 1.29 is 5.11 Å². The van der Waals surface area contributed by atoms with Gasteiger partial charge >= 0.3 is 0 Å². The van der Waals surface area contributed by atoms with E-state index in [-0.39, 0.29) is 0 Å². The molecule has 1 aromatic carbocycles. The van der Waals surface area contributed by atoms with Crippen LogP contribution in [-0.4, -0.2) is 30.8 Å². The summed E-state index contributed by atoms with van der Waals surface area (Å²) in [6.45, 7) is 10.3. The molecule has 0 fully saturated rings. The normalized spacial score (nSPS) is 11.7. The first-order valence-corrected chi connectivity index (χ1v) is 6.59. The molecule has 2 N–H and O–H groups in total. The van der Waals surface area contributed by atoms with Crippen LogP contribution in [0.25, 0.3) is 0 Å². The number of nitrogens with zero attached hydrogens (tertiary/aromatic N) is 1. The van der Waals surface area contributed by atoms with Crippen LogP contribution < -0.4 is 10.2 Å². The molecule has 0 unspecified atom stereocenters. The molecule has 102 valence electrons. The van der Waals surface area contributed by atoms with E-state index in [1.807, 2.05) is 20.9 Å². The lowest BCUT2D eigenvalue weighted by Gasteiger charge is -2.31. The van der Waals surface area contributed by atoms with Gasteiger partial charge in [-0.2, -0.15) is 0 Å². The fourth-order valence-electron chi connectivity index (χ4n) is 2.19. The molecule has 0 spiro atoms. The molecule has 0 aliphatic rings. The van der Waals surface area contributed by atoms with Crippen molar-refractivity contribution in [2.24, 2.45) is 0 Å². The van der Waals surface area contributed by atoms with E-state index >= 15 is 0 Å². The maximum absolute atomic E-state index is 10.00. The second kappa shape index (κ2) is 6.21. The number of benzene rings is 1. The van der Waals surface area contributed by atoms with E-state index in [0.717, 1.165) is 13.1 Å². The van der Waals surface area contributed by atoms with Gasteiger partial charge in [-0.15, -0.1) is 0 Å². The third-order valence-corrected chi connectivity index (χ3v) is 2.90. The summed E-state index contributed by atoms with van der Waals surface area (Å²) in [5.74, 6) is 0. The number of anilines is 1. The van der Waals surface area contributed by atoms with Gasteiger partial charge in [-0.3, -0.25) is 0 Å². The van der Waals surface area contributed by atoms with Gasteiger partial charge in [0.1, 0.15) is 0 Å². The van der Waals surface area contributed by atoms with Crippen molar-refractivity contribution in [2.75, 3.05) is 25.0 Å². The fraction of sp³-hybridized carbons (Fsp3) is 0.600. The van der Waals surface area contributed by atoms with E-state index in [0.29, 0.717) is 6.54 Å². The monoisotopic (exact) mass is 250 g/mol. The zero-order valence-electron chi connectivity index (χ0n) is 12.2.